The summed E-state index contributed by atoms with van der Waals surface area (Å²) in [5, 5.41) is 2.67. The first kappa shape index (κ1) is 20.7. The van der Waals surface area contributed by atoms with Gasteiger partial charge in [0.2, 0.25) is 5.91 Å². The van der Waals surface area contributed by atoms with Gasteiger partial charge in [-0.2, -0.15) is 13.2 Å². The standard InChI is InChI=1S/C21H22ClF3N2O/c1-14-2-4-15(5-3-14)13-27-10-8-16(9-11-27)20(28)26-19-12-17(21(23,24)25)6-7-18(19)22/h2-7,12,16H,8-11,13H2,1H3,(H,26,28). The molecule has 28 heavy (non-hydrogen) atoms. The van der Waals surface area contributed by atoms with Gasteiger partial charge in [-0.1, -0.05) is 41.4 Å². The molecule has 1 aliphatic rings. The summed E-state index contributed by atoms with van der Waals surface area (Å²) in [5.41, 5.74) is 1.61. The highest BCUT2D eigenvalue weighted by atomic mass is 35.5. The summed E-state index contributed by atoms with van der Waals surface area (Å²) in [4.78, 5) is 14.8. The van der Waals surface area contributed by atoms with E-state index in [1.54, 1.807) is 0 Å². The molecule has 0 radical (unpaired) electrons. The molecule has 150 valence electrons. The maximum atomic E-state index is 12.9. The molecular formula is C21H22ClF3N2O. The second-order valence-corrected chi connectivity index (χ2v) is 7.62. The highest BCUT2D eigenvalue weighted by Gasteiger charge is 2.31. The number of rotatable bonds is 4. The average molecular weight is 411 g/mol. The molecule has 0 aliphatic carbocycles. The van der Waals surface area contributed by atoms with Crippen molar-refractivity contribution in [1.82, 2.24) is 4.90 Å². The molecule has 0 spiro atoms. The lowest BCUT2D eigenvalue weighted by atomic mass is 9.95. The molecule has 1 heterocycles. The van der Waals surface area contributed by atoms with Crippen LogP contribution in [0, 0.1) is 12.8 Å². The Kier molecular flexibility index (Phi) is 6.30. The molecule has 1 amide bonds. The lowest BCUT2D eigenvalue weighted by molar-refractivity contribution is -0.137. The van der Waals surface area contributed by atoms with E-state index in [0.717, 1.165) is 37.8 Å². The van der Waals surface area contributed by atoms with Gasteiger partial charge in [0.1, 0.15) is 0 Å². The van der Waals surface area contributed by atoms with E-state index in [-0.39, 0.29) is 22.5 Å². The van der Waals surface area contributed by atoms with E-state index in [1.807, 2.05) is 6.92 Å². The van der Waals surface area contributed by atoms with E-state index in [2.05, 4.69) is 34.5 Å². The van der Waals surface area contributed by atoms with E-state index in [4.69, 9.17) is 11.6 Å². The minimum Gasteiger partial charge on any atom is -0.325 e. The first-order chi connectivity index (χ1) is 13.2. The Hall–Kier alpha value is -2.05. The van der Waals surface area contributed by atoms with Crippen molar-refractivity contribution in [3.8, 4) is 0 Å². The van der Waals surface area contributed by atoms with Crippen LogP contribution in [0.3, 0.4) is 0 Å². The first-order valence-electron chi connectivity index (χ1n) is 9.18. The number of nitrogens with zero attached hydrogens (tertiary/aromatic N) is 1. The monoisotopic (exact) mass is 410 g/mol. The lowest BCUT2D eigenvalue weighted by Gasteiger charge is -2.31. The van der Waals surface area contributed by atoms with Crippen molar-refractivity contribution >= 4 is 23.2 Å². The van der Waals surface area contributed by atoms with Crippen molar-refractivity contribution in [2.24, 2.45) is 5.92 Å². The molecule has 0 atom stereocenters. The maximum Gasteiger partial charge on any atom is 0.416 e. The van der Waals surface area contributed by atoms with Gasteiger partial charge < -0.3 is 5.32 Å². The number of alkyl halides is 3. The predicted molar refractivity (Wildman–Crippen MR) is 104 cm³/mol. The third-order valence-electron chi connectivity index (χ3n) is 5.04. The van der Waals surface area contributed by atoms with E-state index in [0.29, 0.717) is 12.8 Å². The summed E-state index contributed by atoms with van der Waals surface area (Å²) in [6.07, 6.45) is -3.16. The van der Waals surface area contributed by atoms with Crippen LogP contribution in [-0.2, 0) is 17.5 Å². The molecule has 2 aromatic carbocycles. The fraction of sp³-hybridized carbons (Fsp3) is 0.381. The Morgan fingerprint density at radius 3 is 2.39 bits per heavy atom. The van der Waals surface area contributed by atoms with Crippen molar-refractivity contribution in [1.29, 1.82) is 0 Å². The average Bonchev–Trinajstić information content (AvgIpc) is 2.65. The van der Waals surface area contributed by atoms with Crippen LogP contribution in [0.25, 0.3) is 0 Å². The minimum absolute atomic E-state index is 0.00331. The summed E-state index contributed by atoms with van der Waals surface area (Å²) in [6.45, 7) is 4.41. The number of anilines is 1. The van der Waals surface area contributed by atoms with Crippen LogP contribution in [-0.4, -0.2) is 23.9 Å². The zero-order valence-electron chi connectivity index (χ0n) is 15.5. The van der Waals surface area contributed by atoms with Crippen molar-refractivity contribution in [3.63, 3.8) is 0 Å². The second-order valence-electron chi connectivity index (χ2n) is 7.22. The Morgan fingerprint density at radius 2 is 1.79 bits per heavy atom. The van der Waals surface area contributed by atoms with Gasteiger partial charge in [0.25, 0.3) is 0 Å². The van der Waals surface area contributed by atoms with E-state index < -0.39 is 11.7 Å². The van der Waals surface area contributed by atoms with Crippen molar-refractivity contribution in [2.75, 3.05) is 18.4 Å². The Labute approximate surface area is 167 Å². The smallest absolute Gasteiger partial charge is 0.325 e. The highest BCUT2D eigenvalue weighted by molar-refractivity contribution is 6.33. The molecule has 0 aromatic heterocycles. The molecule has 1 fully saturated rings. The SMILES string of the molecule is Cc1ccc(CN2CCC(C(=O)Nc3cc(C(F)(F)F)ccc3Cl)CC2)cc1. The van der Waals surface area contributed by atoms with Crippen molar-refractivity contribution in [2.45, 2.75) is 32.5 Å². The third-order valence-corrected chi connectivity index (χ3v) is 5.37. The summed E-state index contributed by atoms with van der Waals surface area (Å²) < 4.78 is 38.6. The van der Waals surface area contributed by atoms with Gasteiger partial charge in [0.15, 0.2) is 0 Å². The molecule has 1 saturated heterocycles. The van der Waals surface area contributed by atoms with Gasteiger partial charge >= 0.3 is 6.18 Å². The largest absolute Gasteiger partial charge is 0.416 e. The number of halogens is 4. The Bertz CT molecular complexity index is 829. The molecule has 0 bridgehead atoms. The molecule has 3 rings (SSSR count). The number of piperidine rings is 1. The first-order valence-corrected chi connectivity index (χ1v) is 9.55. The van der Waals surface area contributed by atoms with Crippen LogP contribution in [0.4, 0.5) is 18.9 Å². The van der Waals surface area contributed by atoms with Gasteiger partial charge in [-0.05, 0) is 56.6 Å². The normalized spacial score (nSPS) is 16.2. The number of benzene rings is 2. The summed E-state index contributed by atoms with van der Waals surface area (Å²) >= 11 is 5.96. The van der Waals surface area contributed by atoms with Gasteiger partial charge in [0.05, 0.1) is 16.3 Å². The van der Waals surface area contributed by atoms with Crippen LogP contribution in [0.1, 0.15) is 29.5 Å². The number of hydrogen-bond acceptors (Lipinski definition) is 2. The highest BCUT2D eigenvalue weighted by Crippen LogP contribution is 2.34. The van der Waals surface area contributed by atoms with E-state index in [1.165, 1.54) is 11.1 Å². The fourth-order valence-corrected chi connectivity index (χ4v) is 3.50. The van der Waals surface area contributed by atoms with Crippen molar-refractivity contribution in [3.05, 3.63) is 64.2 Å². The maximum absolute atomic E-state index is 12.9. The topological polar surface area (TPSA) is 32.3 Å². The molecule has 1 aliphatic heterocycles. The number of hydrogen-bond donors (Lipinski definition) is 1. The summed E-state index contributed by atoms with van der Waals surface area (Å²) in [7, 11) is 0. The molecule has 3 nitrogen and oxygen atoms in total. The summed E-state index contributed by atoms with van der Waals surface area (Å²) in [5.74, 6) is -0.518. The molecule has 1 N–H and O–H groups in total. The number of likely N-dealkylation sites (tertiary alicyclic amines) is 1. The zero-order valence-corrected chi connectivity index (χ0v) is 16.3. The van der Waals surface area contributed by atoms with Crippen LogP contribution in [0.5, 0.6) is 0 Å². The minimum atomic E-state index is -4.48. The van der Waals surface area contributed by atoms with Crippen LogP contribution in [0.2, 0.25) is 5.02 Å². The van der Waals surface area contributed by atoms with Crippen LogP contribution >= 0.6 is 11.6 Å². The molecular weight excluding hydrogens is 389 g/mol. The summed E-state index contributed by atoms with van der Waals surface area (Å²) in [6, 6.07) is 11.3. The lowest BCUT2D eigenvalue weighted by Crippen LogP contribution is -2.37. The second kappa shape index (κ2) is 8.53. The molecule has 2 aromatic rings. The number of carbonyl (C=O) groups is 1. The van der Waals surface area contributed by atoms with Gasteiger partial charge in [-0.25, -0.2) is 0 Å². The predicted octanol–water partition coefficient (Wildman–Crippen LogP) is 5.52. The van der Waals surface area contributed by atoms with Crippen LogP contribution < -0.4 is 5.32 Å². The van der Waals surface area contributed by atoms with E-state index in [9.17, 15) is 18.0 Å². The molecule has 7 heteroatoms. The van der Waals surface area contributed by atoms with Gasteiger partial charge in [-0.15, -0.1) is 0 Å². The van der Waals surface area contributed by atoms with E-state index >= 15 is 0 Å². The number of carbonyl (C=O) groups excluding carboxylic acids is 1. The van der Waals surface area contributed by atoms with Gasteiger partial charge in [-0.3, -0.25) is 9.69 Å². The number of aryl methyl sites for hydroxylation is 1. The Balaban J connectivity index is 1.56. The zero-order chi connectivity index (χ0) is 20.3. The number of amides is 1. The molecule has 0 saturated carbocycles. The fourth-order valence-electron chi connectivity index (χ4n) is 3.34. The Morgan fingerprint density at radius 1 is 1.14 bits per heavy atom. The quantitative estimate of drug-likeness (QED) is 0.720. The molecule has 0 unspecified atom stereocenters. The van der Waals surface area contributed by atoms with Crippen LogP contribution in [0.15, 0.2) is 42.5 Å². The van der Waals surface area contributed by atoms with Crippen molar-refractivity contribution < 1.29 is 18.0 Å². The number of nitrogens with one attached hydrogen (secondary N) is 1. The van der Waals surface area contributed by atoms with Gasteiger partial charge in [0, 0.05) is 12.5 Å². The third kappa shape index (κ3) is 5.26.